The van der Waals surface area contributed by atoms with E-state index in [9.17, 15) is 0 Å². The Labute approximate surface area is 145 Å². The molecule has 0 aliphatic heterocycles. The smallest absolute Gasteiger partial charge is 0.333 e. The van der Waals surface area contributed by atoms with Crippen LogP contribution >= 0.6 is 0 Å². The SMILES string of the molecule is CC(C)(C)[Si]([18F])(C#CCOCCOCCOCN=[N+]=[N-])C(C)(C)C. The van der Waals surface area contributed by atoms with Gasteiger partial charge in [0.05, 0.1) is 26.4 Å². The average Bonchev–Trinajstić information content (AvgIpc) is 2.45. The van der Waals surface area contributed by atoms with Crippen LogP contribution in [-0.2, 0) is 14.2 Å². The van der Waals surface area contributed by atoms with Crippen molar-refractivity contribution in [1.29, 1.82) is 0 Å². The molecule has 0 aromatic carbocycles. The molecule has 0 radical (unpaired) electrons. The first-order chi connectivity index (χ1) is 11.1. The van der Waals surface area contributed by atoms with Crippen LogP contribution in [0.15, 0.2) is 5.11 Å². The van der Waals surface area contributed by atoms with Gasteiger partial charge in [-0.3, -0.25) is 4.11 Å². The lowest BCUT2D eigenvalue weighted by atomic mass is 10.2. The van der Waals surface area contributed by atoms with Crippen molar-refractivity contribution in [2.45, 2.75) is 51.6 Å². The molecule has 0 saturated carbocycles. The van der Waals surface area contributed by atoms with E-state index in [0.29, 0.717) is 26.4 Å². The molecule has 0 unspecified atom stereocenters. The fourth-order valence-corrected chi connectivity index (χ4v) is 5.57. The molecule has 0 saturated heterocycles. The average molecular weight is 359 g/mol. The molecule has 0 aromatic heterocycles. The van der Waals surface area contributed by atoms with Crippen molar-refractivity contribution in [2.24, 2.45) is 5.11 Å². The number of hydrogen-bond acceptors (Lipinski definition) is 4. The Bertz CT molecular complexity index is 458. The normalized spacial score (nSPS) is 12.3. The minimum Gasteiger partial charge on any atom is -0.377 e. The number of nitrogens with zero attached hydrogens (tertiary/aromatic N) is 3. The summed E-state index contributed by atoms with van der Waals surface area (Å²) in [5.41, 5.74) is 11.0. The van der Waals surface area contributed by atoms with Crippen molar-refractivity contribution in [3.05, 3.63) is 10.4 Å². The highest BCUT2D eigenvalue weighted by Gasteiger charge is 2.54. The summed E-state index contributed by atoms with van der Waals surface area (Å²) in [5, 5.41) is 2.33. The Kier molecular flexibility index (Phi) is 10.2. The molecule has 0 spiro atoms. The molecule has 24 heavy (non-hydrogen) atoms. The molecule has 0 heterocycles. The minimum atomic E-state index is -3.27. The molecule has 0 fully saturated rings. The molecule has 0 atom stereocenters. The van der Waals surface area contributed by atoms with Crippen LogP contribution in [0, 0.1) is 11.5 Å². The Balaban J connectivity index is 4.04. The molecule has 0 amide bonds. The van der Waals surface area contributed by atoms with Crippen molar-refractivity contribution in [1.82, 2.24) is 0 Å². The number of rotatable bonds is 9. The van der Waals surface area contributed by atoms with Crippen molar-refractivity contribution < 1.29 is 18.3 Å². The van der Waals surface area contributed by atoms with Crippen molar-refractivity contribution in [3.8, 4) is 11.5 Å². The molecular formula is C16H30FN3O3Si. The fraction of sp³-hybridized carbons (Fsp3) is 0.875. The van der Waals surface area contributed by atoms with Gasteiger partial charge in [0.2, 0.25) is 0 Å². The third kappa shape index (κ3) is 8.13. The van der Waals surface area contributed by atoms with Crippen LogP contribution in [0.25, 0.3) is 10.4 Å². The van der Waals surface area contributed by atoms with Crippen LogP contribution < -0.4 is 0 Å². The highest BCUT2D eigenvalue weighted by atomic mass is 28.4. The first kappa shape index (κ1) is 22.9. The highest BCUT2D eigenvalue weighted by Crippen LogP contribution is 2.51. The van der Waals surface area contributed by atoms with Gasteiger partial charge in [-0.05, 0) is 15.6 Å². The topological polar surface area (TPSA) is 76.5 Å². The van der Waals surface area contributed by atoms with E-state index in [2.05, 4.69) is 21.5 Å². The maximum atomic E-state index is 15.4. The van der Waals surface area contributed by atoms with Gasteiger partial charge in [-0.25, -0.2) is 0 Å². The molecule has 0 aromatic rings. The van der Waals surface area contributed by atoms with E-state index in [0.717, 1.165) is 0 Å². The van der Waals surface area contributed by atoms with E-state index >= 15 is 4.11 Å². The van der Waals surface area contributed by atoms with Gasteiger partial charge >= 0.3 is 8.41 Å². The largest absolute Gasteiger partial charge is 0.377 e. The zero-order chi connectivity index (χ0) is 18.7. The van der Waals surface area contributed by atoms with Crippen molar-refractivity contribution in [3.63, 3.8) is 0 Å². The van der Waals surface area contributed by atoms with Gasteiger partial charge in [-0.2, -0.15) is 0 Å². The van der Waals surface area contributed by atoms with Crippen LogP contribution in [0.2, 0.25) is 10.1 Å². The standard InChI is InChI=1S/C16H30FN3O3Si/c1-15(2,3)24(17,16(4,5)6)13-7-8-21-9-10-22-11-12-23-14-19-20-18/h8-12,14H2,1-6H3/i17-1. The molecule has 6 nitrogen and oxygen atoms in total. The third-order valence-electron chi connectivity index (χ3n) is 3.46. The minimum absolute atomic E-state index is 0.00235. The van der Waals surface area contributed by atoms with Crippen LogP contribution in [0.3, 0.4) is 0 Å². The van der Waals surface area contributed by atoms with Gasteiger partial charge in [-0.15, -0.1) is 0 Å². The predicted molar refractivity (Wildman–Crippen MR) is 95.7 cm³/mol. The van der Waals surface area contributed by atoms with Crippen molar-refractivity contribution in [2.75, 3.05) is 39.8 Å². The molecule has 0 N–H and O–H groups in total. The van der Waals surface area contributed by atoms with E-state index in [-0.39, 0.29) is 13.3 Å². The lowest BCUT2D eigenvalue weighted by Crippen LogP contribution is -2.47. The summed E-state index contributed by atoms with van der Waals surface area (Å²) in [6, 6.07) is 0. The second kappa shape index (κ2) is 10.7. The Morgan fingerprint density at radius 1 is 0.958 bits per heavy atom. The molecule has 0 aliphatic carbocycles. The monoisotopic (exact) mass is 358 g/mol. The molecule has 0 aliphatic rings. The van der Waals surface area contributed by atoms with Gasteiger partial charge in [0, 0.05) is 4.91 Å². The second-order valence-corrected chi connectivity index (χ2v) is 12.0. The Morgan fingerprint density at radius 2 is 1.46 bits per heavy atom. The molecule has 8 heteroatoms. The summed E-state index contributed by atoms with van der Waals surface area (Å²) in [7, 11) is -3.27. The summed E-state index contributed by atoms with van der Waals surface area (Å²) >= 11 is 0. The lowest BCUT2D eigenvalue weighted by molar-refractivity contribution is 0.0217. The lowest BCUT2D eigenvalue weighted by Gasteiger charge is -2.40. The van der Waals surface area contributed by atoms with Gasteiger partial charge in [-0.1, -0.05) is 58.1 Å². The zero-order valence-electron chi connectivity index (χ0n) is 15.7. The van der Waals surface area contributed by atoms with Crippen LogP contribution in [0.5, 0.6) is 0 Å². The Hall–Kier alpha value is -1.10. The van der Waals surface area contributed by atoms with E-state index in [1.54, 1.807) is 0 Å². The highest BCUT2D eigenvalue weighted by molar-refractivity contribution is 6.86. The van der Waals surface area contributed by atoms with E-state index in [4.69, 9.17) is 19.7 Å². The van der Waals surface area contributed by atoms with Gasteiger partial charge in [0.1, 0.15) is 13.3 Å². The quantitative estimate of drug-likeness (QED) is 0.117. The molecule has 138 valence electrons. The summed E-state index contributed by atoms with van der Waals surface area (Å²) in [6.07, 6.45) is 0. The predicted octanol–water partition coefficient (Wildman–Crippen LogP) is 4.36. The number of azide groups is 1. The van der Waals surface area contributed by atoms with Gasteiger partial charge < -0.3 is 14.2 Å². The van der Waals surface area contributed by atoms with Gasteiger partial charge in [0.25, 0.3) is 0 Å². The van der Waals surface area contributed by atoms with Crippen LogP contribution in [0.1, 0.15) is 41.5 Å². The number of hydrogen-bond donors (Lipinski definition) is 0. The first-order valence-corrected chi connectivity index (χ1v) is 9.87. The van der Waals surface area contributed by atoms with Crippen LogP contribution in [0.4, 0.5) is 4.11 Å². The molecule has 0 rings (SSSR count). The molecular weight excluding hydrogens is 328 g/mol. The third-order valence-corrected chi connectivity index (χ3v) is 8.11. The van der Waals surface area contributed by atoms with Gasteiger partial charge in [0.15, 0.2) is 0 Å². The summed E-state index contributed by atoms with van der Waals surface area (Å²) < 4.78 is 31.0. The molecule has 0 bridgehead atoms. The first-order valence-electron chi connectivity index (χ1n) is 7.99. The number of halogens is 1. The van der Waals surface area contributed by atoms with E-state index in [1.165, 1.54) is 0 Å². The summed E-state index contributed by atoms with van der Waals surface area (Å²) in [5.74, 6) is 2.85. The summed E-state index contributed by atoms with van der Waals surface area (Å²) in [6.45, 7) is 13.2. The maximum absolute atomic E-state index is 15.4. The maximum Gasteiger partial charge on any atom is 0.333 e. The van der Waals surface area contributed by atoms with E-state index in [1.807, 2.05) is 41.5 Å². The zero-order valence-corrected chi connectivity index (χ0v) is 16.7. The fourth-order valence-electron chi connectivity index (χ4n) is 2.25. The van der Waals surface area contributed by atoms with Crippen LogP contribution in [-0.4, -0.2) is 48.2 Å². The van der Waals surface area contributed by atoms with Crippen molar-refractivity contribution >= 4 is 8.41 Å². The second-order valence-electron chi connectivity index (χ2n) is 7.39. The Morgan fingerprint density at radius 3 is 1.96 bits per heavy atom. The van der Waals surface area contributed by atoms with E-state index < -0.39 is 18.5 Å². The summed E-state index contributed by atoms with van der Waals surface area (Å²) in [4.78, 5) is 2.56. The number of ether oxygens (including phenoxy) is 3.